The summed E-state index contributed by atoms with van der Waals surface area (Å²) >= 11 is 0. The van der Waals surface area contributed by atoms with Crippen LogP contribution < -0.4 is 10.5 Å². The molecule has 1 unspecified atom stereocenters. The molecule has 6 heteroatoms. The first-order chi connectivity index (χ1) is 9.44. The summed E-state index contributed by atoms with van der Waals surface area (Å²) in [4.78, 5) is 0. The minimum atomic E-state index is -4.29. The van der Waals surface area contributed by atoms with E-state index in [-0.39, 0.29) is 12.6 Å². The fourth-order valence-electron chi connectivity index (χ4n) is 2.16. The number of alkyl halides is 3. The molecule has 0 spiro atoms. The number of hydrogen-bond acceptors (Lipinski definition) is 3. The molecule has 1 heterocycles. The Morgan fingerprint density at radius 3 is 2.90 bits per heavy atom. The highest BCUT2D eigenvalue weighted by Crippen LogP contribution is 2.26. The zero-order valence-electron chi connectivity index (χ0n) is 11.1. The van der Waals surface area contributed by atoms with Crippen LogP contribution in [0.1, 0.15) is 17.5 Å². The zero-order chi connectivity index (χ0) is 14.6. The van der Waals surface area contributed by atoms with E-state index in [0.29, 0.717) is 13.0 Å². The second-order valence-corrected chi connectivity index (χ2v) is 4.97. The minimum absolute atomic E-state index is 0.0758. The van der Waals surface area contributed by atoms with Crippen molar-refractivity contribution in [2.75, 3.05) is 19.8 Å². The zero-order valence-corrected chi connectivity index (χ0v) is 11.1. The van der Waals surface area contributed by atoms with Crippen LogP contribution in [0.5, 0.6) is 5.75 Å². The Labute approximate surface area is 115 Å². The van der Waals surface area contributed by atoms with Crippen molar-refractivity contribution in [2.24, 2.45) is 5.73 Å². The van der Waals surface area contributed by atoms with Gasteiger partial charge in [0.25, 0.3) is 0 Å². The molecule has 1 aromatic carbocycles. The number of fused-ring (bicyclic) bond motifs is 1. The van der Waals surface area contributed by atoms with Crippen LogP contribution in [-0.4, -0.2) is 32.0 Å². The topological polar surface area (TPSA) is 44.5 Å². The van der Waals surface area contributed by atoms with Crippen LogP contribution in [0.3, 0.4) is 0 Å². The van der Waals surface area contributed by atoms with Crippen LogP contribution >= 0.6 is 0 Å². The Morgan fingerprint density at radius 1 is 1.35 bits per heavy atom. The van der Waals surface area contributed by atoms with E-state index in [0.717, 1.165) is 24.2 Å². The van der Waals surface area contributed by atoms with Gasteiger partial charge in [-0.05, 0) is 30.0 Å². The van der Waals surface area contributed by atoms with E-state index in [2.05, 4.69) is 10.8 Å². The van der Waals surface area contributed by atoms with Gasteiger partial charge >= 0.3 is 6.18 Å². The smallest absolute Gasteiger partial charge is 0.411 e. The molecule has 1 aliphatic rings. The van der Waals surface area contributed by atoms with E-state index in [4.69, 9.17) is 10.5 Å². The summed E-state index contributed by atoms with van der Waals surface area (Å²) in [5, 5.41) is 0. The van der Waals surface area contributed by atoms with Crippen molar-refractivity contribution >= 4 is 0 Å². The van der Waals surface area contributed by atoms with Gasteiger partial charge in [-0.2, -0.15) is 13.2 Å². The Kier molecular flexibility index (Phi) is 4.88. The summed E-state index contributed by atoms with van der Waals surface area (Å²) in [5.41, 5.74) is 8.06. The molecule has 0 amide bonds. The number of halogens is 3. The monoisotopic (exact) mass is 289 g/mol. The number of rotatable bonds is 6. The molecule has 112 valence electrons. The maximum atomic E-state index is 11.9. The molecule has 2 N–H and O–H groups in total. The highest BCUT2D eigenvalue weighted by molar-refractivity contribution is 5.39. The molecule has 1 atom stereocenters. The molecule has 0 bridgehead atoms. The van der Waals surface area contributed by atoms with Gasteiger partial charge in [0.2, 0.25) is 0 Å². The van der Waals surface area contributed by atoms with Crippen LogP contribution in [0.4, 0.5) is 13.2 Å². The van der Waals surface area contributed by atoms with Gasteiger partial charge in [0.1, 0.15) is 12.4 Å². The fraction of sp³-hybridized carbons (Fsp3) is 0.571. The van der Waals surface area contributed by atoms with E-state index in [1.54, 1.807) is 0 Å². The van der Waals surface area contributed by atoms with Gasteiger partial charge < -0.3 is 15.2 Å². The number of benzene rings is 1. The molecule has 3 nitrogen and oxygen atoms in total. The molecule has 20 heavy (non-hydrogen) atoms. The average molecular weight is 289 g/mol. The predicted octanol–water partition coefficient (Wildman–Crippen LogP) is 2.46. The standard InChI is InChI=1S/C14H18F3NO2/c15-14(16,17)9-19-8-12(18)3-1-10-2-4-13-11(7-10)5-6-20-13/h2,4,7,12H,1,3,5-6,8-9,18H2. The van der Waals surface area contributed by atoms with E-state index < -0.39 is 12.8 Å². The van der Waals surface area contributed by atoms with E-state index in [1.807, 2.05) is 12.1 Å². The second kappa shape index (κ2) is 6.45. The maximum Gasteiger partial charge on any atom is 0.411 e. The van der Waals surface area contributed by atoms with Crippen molar-refractivity contribution in [1.82, 2.24) is 0 Å². The van der Waals surface area contributed by atoms with Gasteiger partial charge in [0.05, 0.1) is 13.2 Å². The number of ether oxygens (including phenoxy) is 2. The summed E-state index contributed by atoms with van der Waals surface area (Å²) in [5.74, 6) is 0.923. The summed E-state index contributed by atoms with van der Waals surface area (Å²) in [6, 6.07) is 5.59. The van der Waals surface area contributed by atoms with Gasteiger partial charge in [0, 0.05) is 12.5 Å². The SMILES string of the molecule is NC(CCc1ccc2c(c1)CCO2)COCC(F)(F)F. The molecule has 0 aromatic heterocycles. The van der Waals surface area contributed by atoms with E-state index >= 15 is 0 Å². The van der Waals surface area contributed by atoms with Crippen molar-refractivity contribution in [2.45, 2.75) is 31.5 Å². The third kappa shape index (κ3) is 4.68. The van der Waals surface area contributed by atoms with Crippen molar-refractivity contribution in [1.29, 1.82) is 0 Å². The second-order valence-electron chi connectivity index (χ2n) is 4.97. The molecule has 0 saturated carbocycles. The largest absolute Gasteiger partial charge is 0.493 e. The first-order valence-corrected chi connectivity index (χ1v) is 6.59. The predicted molar refractivity (Wildman–Crippen MR) is 68.8 cm³/mol. The third-order valence-corrected chi connectivity index (χ3v) is 3.16. The van der Waals surface area contributed by atoms with E-state index in [9.17, 15) is 13.2 Å². The van der Waals surface area contributed by atoms with Gasteiger partial charge in [-0.15, -0.1) is 0 Å². The number of aryl methyl sites for hydroxylation is 1. The molecular formula is C14H18F3NO2. The van der Waals surface area contributed by atoms with Crippen LogP contribution in [0, 0.1) is 0 Å². The molecule has 0 fully saturated rings. The van der Waals surface area contributed by atoms with Crippen LogP contribution in [0.15, 0.2) is 18.2 Å². The van der Waals surface area contributed by atoms with Gasteiger partial charge in [-0.3, -0.25) is 0 Å². The lowest BCUT2D eigenvalue weighted by molar-refractivity contribution is -0.174. The Balaban J connectivity index is 1.72. The summed E-state index contributed by atoms with van der Waals surface area (Å²) in [7, 11) is 0. The van der Waals surface area contributed by atoms with Crippen LogP contribution in [0.2, 0.25) is 0 Å². The van der Waals surface area contributed by atoms with Gasteiger partial charge in [0.15, 0.2) is 0 Å². The molecule has 0 radical (unpaired) electrons. The lowest BCUT2D eigenvalue weighted by Gasteiger charge is -2.13. The maximum absolute atomic E-state index is 11.9. The van der Waals surface area contributed by atoms with Crippen molar-refractivity contribution in [3.63, 3.8) is 0 Å². The van der Waals surface area contributed by atoms with Crippen LogP contribution in [0.25, 0.3) is 0 Å². The Bertz CT molecular complexity index is 449. The highest BCUT2D eigenvalue weighted by Gasteiger charge is 2.27. The lowest BCUT2D eigenvalue weighted by atomic mass is 10.0. The normalized spacial score (nSPS) is 15.8. The van der Waals surface area contributed by atoms with Crippen molar-refractivity contribution in [3.8, 4) is 5.75 Å². The van der Waals surface area contributed by atoms with E-state index in [1.165, 1.54) is 5.56 Å². The lowest BCUT2D eigenvalue weighted by Crippen LogP contribution is -2.29. The molecule has 0 saturated heterocycles. The third-order valence-electron chi connectivity index (χ3n) is 3.16. The first kappa shape index (κ1) is 15.1. The first-order valence-electron chi connectivity index (χ1n) is 6.59. The molecule has 1 aromatic rings. The summed E-state index contributed by atoms with van der Waals surface area (Å²) in [6.45, 7) is -0.603. The number of nitrogens with two attached hydrogens (primary N) is 1. The minimum Gasteiger partial charge on any atom is -0.493 e. The molecular weight excluding hydrogens is 271 g/mol. The summed E-state index contributed by atoms with van der Waals surface area (Å²) < 4.78 is 45.7. The summed E-state index contributed by atoms with van der Waals surface area (Å²) in [6.07, 6.45) is -2.06. The molecule has 2 rings (SSSR count). The fourth-order valence-corrected chi connectivity index (χ4v) is 2.16. The number of hydrogen-bond donors (Lipinski definition) is 1. The average Bonchev–Trinajstić information content (AvgIpc) is 2.82. The van der Waals surface area contributed by atoms with Crippen molar-refractivity contribution in [3.05, 3.63) is 29.3 Å². The molecule has 1 aliphatic heterocycles. The highest BCUT2D eigenvalue weighted by atomic mass is 19.4. The van der Waals surface area contributed by atoms with Gasteiger partial charge in [-0.25, -0.2) is 0 Å². The molecule has 0 aliphatic carbocycles. The Morgan fingerprint density at radius 2 is 2.15 bits per heavy atom. The van der Waals surface area contributed by atoms with Crippen LogP contribution in [-0.2, 0) is 17.6 Å². The van der Waals surface area contributed by atoms with Crippen molar-refractivity contribution < 1.29 is 22.6 Å². The quantitative estimate of drug-likeness (QED) is 0.875. The van der Waals surface area contributed by atoms with Gasteiger partial charge in [-0.1, -0.05) is 12.1 Å². The Hall–Kier alpha value is -1.27.